The summed E-state index contributed by atoms with van der Waals surface area (Å²) in [6.45, 7) is 0. The molecule has 2 rings (SSSR count). The topological polar surface area (TPSA) is 78.8 Å². The van der Waals surface area contributed by atoms with Crippen LogP contribution in [0.25, 0.3) is 6.08 Å². The zero-order chi connectivity index (χ0) is 17.7. The van der Waals surface area contributed by atoms with Crippen molar-refractivity contribution in [3.05, 3.63) is 69.8 Å². The van der Waals surface area contributed by atoms with Gasteiger partial charge in [-0.25, -0.2) is 4.39 Å². The van der Waals surface area contributed by atoms with Gasteiger partial charge in [-0.1, -0.05) is 29.8 Å². The molecule has 0 N–H and O–H groups in total. The molecule has 0 aliphatic heterocycles. The van der Waals surface area contributed by atoms with Crippen LogP contribution in [0.5, 0.6) is 5.75 Å². The maximum atomic E-state index is 13.0. The normalized spacial score (nSPS) is 12.0. The van der Waals surface area contributed by atoms with Gasteiger partial charge in [0.15, 0.2) is 0 Å². The Hall–Kier alpha value is -1.38. The van der Waals surface area contributed by atoms with Crippen molar-refractivity contribution in [2.45, 2.75) is 0 Å². The van der Waals surface area contributed by atoms with Gasteiger partial charge in [-0.2, -0.15) is 12.8 Å². The summed E-state index contributed by atoms with van der Waals surface area (Å²) >= 11 is 5.72. The molecule has 0 bridgehead atoms. The predicted molar refractivity (Wildman–Crippen MR) is 88.9 cm³/mol. The number of hydrogen-bond donors (Lipinski definition) is 0. The van der Waals surface area contributed by atoms with Crippen LogP contribution in [0.2, 0.25) is 5.02 Å². The van der Waals surface area contributed by atoms with Gasteiger partial charge in [0.1, 0.15) is 11.6 Å². The fraction of sp³-hybridized carbons (Fsp3) is 0.0625. The molecule has 0 unspecified atom stereocenters. The molecule has 0 atom stereocenters. The van der Waals surface area contributed by atoms with Gasteiger partial charge in [0.2, 0.25) is 0 Å². The molecule has 0 radical (unpaired) electrons. The van der Waals surface area contributed by atoms with Gasteiger partial charge in [-0.15, -0.1) is 0 Å². The first kappa shape index (κ1) is 21.7. The Morgan fingerprint density at radius 3 is 2.60 bits per heavy atom. The number of hydrogen-bond acceptors (Lipinski definition) is 4. The van der Waals surface area contributed by atoms with Crippen LogP contribution in [-0.2, 0) is 10.0 Å². The zero-order valence-corrected chi connectivity index (χ0v) is 17.0. The van der Waals surface area contributed by atoms with Gasteiger partial charge in [0, 0.05) is 17.0 Å². The van der Waals surface area contributed by atoms with E-state index < -0.39 is 21.7 Å². The van der Waals surface area contributed by atoms with Crippen molar-refractivity contribution in [1.82, 2.24) is 0 Å². The summed E-state index contributed by atoms with van der Waals surface area (Å²) in [5, 5.41) is 12.5. The van der Waals surface area contributed by atoms with E-state index in [0.29, 0.717) is 11.3 Å². The van der Waals surface area contributed by atoms with E-state index in [9.17, 15) is 17.9 Å². The minimum absolute atomic E-state index is 0. The molecule has 0 aliphatic carbocycles. The maximum absolute atomic E-state index is 13.0. The standard InChI is InChI=1S/C16H13ClFNO4S.Na/c1-23-15-5-3-2-4-11(15)8-9-24(21,22)19-16(20)13-7-6-12(18)10-14(13)17;/h2-10H,1H3,(H,19,20);/q;+1/p-1/b9-8+;. The molecule has 0 aliphatic rings. The summed E-state index contributed by atoms with van der Waals surface area (Å²) in [6.07, 6.45) is 1.26. The molecular weight excluding hydrogens is 380 g/mol. The molecule has 0 spiro atoms. The van der Waals surface area contributed by atoms with E-state index in [-0.39, 0.29) is 40.1 Å². The van der Waals surface area contributed by atoms with E-state index in [4.69, 9.17) is 16.3 Å². The summed E-state index contributed by atoms with van der Waals surface area (Å²) in [7, 11) is -2.74. The largest absolute Gasteiger partial charge is 1.00 e. The van der Waals surface area contributed by atoms with E-state index >= 15 is 0 Å². The Balaban J connectivity index is 0.00000312. The summed E-state index contributed by atoms with van der Waals surface area (Å²) < 4.78 is 45.1. The molecule has 2 aromatic rings. The number of rotatable bonds is 5. The quantitative estimate of drug-likeness (QED) is 0.395. The van der Waals surface area contributed by atoms with Crippen LogP contribution in [0.1, 0.15) is 11.1 Å². The maximum Gasteiger partial charge on any atom is 1.00 e. The van der Waals surface area contributed by atoms with Gasteiger partial charge in [0.25, 0.3) is 10.0 Å². The fourth-order valence-corrected chi connectivity index (χ4v) is 2.78. The monoisotopic (exact) mass is 391 g/mol. The molecule has 0 saturated heterocycles. The van der Waals surface area contributed by atoms with E-state index in [1.807, 2.05) is 0 Å². The molecule has 2 aromatic carbocycles. The average Bonchev–Trinajstić information content (AvgIpc) is 2.52. The van der Waals surface area contributed by atoms with Crippen LogP contribution in [0, 0.1) is 5.82 Å². The van der Waals surface area contributed by atoms with Crippen LogP contribution in [-0.4, -0.2) is 21.4 Å². The second-order valence-electron chi connectivity index (χ2n) is 4.58. The van der Waals surface area contributed by atoms with Crippen molar-refractivity contribution in [2.24, 2.45) is 4.40 Å². The molecule has 0 saturated carbocycles. The Morgan fingerprint density at radius 2 is 1.96 bits per heavy atom. The molecule has 0 aromatic heterocycles. The molecule has 25 heavy (non-hydrogen) atoms. The van der Waals surface area contributed by atoms with E-state index in [2.05, 4.69) is 4.40 Å². The first-order chi connectivity index (χ1) is 11.3. The van der Waals surface area contributed by atoms with Gasteiger partial charge in [-0.05, 0) is 30.3 Å². The van der Waals surface area contributed by atoms with Gasteiger partial charge in [0.05, 0.1) is 17.5 Å². The Labute approximate surface area is 172 Å². The first-order valence-corrected chi connectivity index (χ1v) is 8.49. The zero-order valence-electron chi connectivity index (χ0n) is 13.4. The fourth-order valence-electron chi connectivity index (χ4n) is 1.82. The van der Waals surface area contributed by atoms with Crippen LogP contribution in [0.15, 0.2) is 52.3 Å². The summed E-state index contributed by atoms with van der Waals surface area (Å²) in [5.74, 6) is -1.25. The summed E-state index contributed by atoms with van der Waals surface area (Å²) in [6, 6.07) is 9.71. The van der Waals surface area contributed by atoms with Crippen LogP contribution < -0.4 is 39.4 Å². The third kappa shape index (κ3) is 6.13. The van der Waals surface area contributed by atoms with E-state index in [1.54, 1.807) is 24.3 Å². The van der Waals surface area contributed by atoms with Crippen LogP contribution >= 0.6 is 11.6 Å². The molecular formula is C16H12ClFNNaO4S. The number of para-hydroxylation sites is 1. The average molecular weight is 392 g/mol. The van der Waals surface area contributed by atoms with Crippen molar-refractivity contribution >= 4 is 33.6 Å². The smallest absolute Gasteiger partial charge is 0.858 e. The van der Waals surface area contributed by atoms with Crippen molar-refractivity contribution in [3.63, 3.8) is 0 Å². The summed E-state index contributed by atoms with van der Waals surface area (Å²) in [4.78, 5) is 0. The van der Waals surface area contributed by atoms with Crippen molar-refractivity contribution < 1.29 is 52.2 Å². The minimum Gasteiger partial charge on any atom is -0.858 e. The number of benzene rings is 2. The number of sulfonamides is 1. The molecule has 126 valence electrons. The van der Waals surface area contributed by atoms with Crippen molar-refractivity contribution in [2.75, 3.05) is 7.11 Å². The second-order valence-corrected chi connectivity index (χ2v) is 6.47. The van der Waals surface area contributed by atoms with Crippen molar-refractivity contribution in [3.8, 4) is 5.75 Å². The van der Waals surface area contributed by atoms with Gasteiger partial charge in [-0.3, -0.25) is 0 Å². The minimum atomic E-state index is -4.19. The molecule has 0 amide bonds. The predicted octanol–water partition coefficient (Wildman–Crippen LogP) is -0.401. The number of ether oxygens (including phenoxy) is 1. The van der Waals surface area contributed by atoms with Crippen LogP contribution in [0.4, 0.5) is 4.39 Å². The van der Waals surface area contributed by atoms with E-state index in [1.165, 1.54) is 13.2 Å². The number of nitrogens with zero attached hydrogens (tertiary/aromatic N) is 1. The third-order valence-electron chi connectivity index (χ3n) is 2.93. The van der Waals surface area contributed by atoms with Crippen molar-refractivity contribution in [1.29, 1.82) is 0 Å². The Morgan fingerprint density at radius 1 is 1.28 bits per heavy atom. The second kappa shape index (κ2) is 9.35. The third-order valence-corrected chi connectivity index (χ3v) is 4.14. The summed E-state index contributed by atoms with van der Waals surface area (Å²) in [5.41, 5.74) is 0.304. The Bertz CT molecular complexity index is 916. The molecule has 0 heterocycles. The molecule has 0 fully saturated rings. The first-order valence-electron chi connectivity index (χ1n) is 6.61. The molecule has 5 nitrogen and oxygen atoms in total. The van der Waals surface area contributed by atoms with E-state index in [0.717, 1.165) is 23.6 Å². The van der Waals surface area contributed by atoms with Gasteiger partial charge >= 0.3 is 29.6 Å². The molecule has 9 heteroatoms. The number of halogens is 2. The number of methoxy groups -OCH3 is 1. The van der Waals surface area contributed by atoms with Gasteiger partial charge < -0.3 is 9.84 Å². The SMILES string of the molecule is COc1ccccc1/C=C/S(=O)(=O)/N=C(\[O-])c1ccc(F)cc1Cl.[Na+]. The Kier molecular flexibility index (Phi) is 8.11. The van der Waals surface area contributed by atoms with Crippen LogP contribution in [0.3, 0.4) is 0 Å².